The number of rotatable bonds is 5. The number of para-hydroxylation sites is 1. The van der Waals surface area contributed by atoms with Crippen molar-refractivity contribution in [1.29, 1.82) is 0 Å². The number of benzene rings is 1. The minimum atomic E-state index is 0.503. The van der Waals surface area contributed by atoms with Gasteiger partial charge < -0.3 is 15.6 Å². The summed E-state index contributed by atoms with van der Waals surface area (Å²) < 4.78 is 2.30. The third kappa shape index (κ3) is 2.42. The van der Waals surface area contributed by atoms with Gasteiger partial charge in [0.1, 0.15) is 0 Å². The lowest BCUT2D eigenvalue weighted by molar-refractivity contribution is 0.589. The van der Waals surface area contributed by atoms with Gasteiger partial charge in [0.15, 0.2) is 0 Å². The average molecular weight is 245 g/mol. The van der Waals surface area contributed by atoms with Crippen molar-refractivity contribution in [3.05, 3.63) is 35.5 Å². The second kappa shape index (κ2) is 5.55. The molecule has 0 bridgehead atoms. The molecule has 0 aliphatic heterocycles. The van der Waals surface area contributed by atoms with E-state index in [4.69, 9.17) is 5.73 Å². The molecule has 2 rings (SSSR count). The Labute approximate surface area is 109 Å². The lowest BCUT2D eigenvalue weighted by Crippen LogP contribution is -2.21. The molecule has 0 unspecified atom stereocenters. The van der Waals surface area contributed by atoms with Gasteiger partial charge in [-0.25, -0.2) is 0 Å². The molecule has 1 heterocycles. The van der Waals surface area contributed by atoms with Gasteiger partial charge in [-0.1, -0.05) is 32.0 Å². The monoisotopic (exact) mass is 245 g/mol. The summed E-state index contributed by atoms with van der Waals surface area (Å²) in [6, 6.07) is 6.91. The summed E-state index contributed by atoms with van der Waals surface area (Å²) in [6.07, 6.45) is 2.25. The fourth-order valence-corrected chi connectivity index (χ4v) is 2.38. The van der Waals surface area contributed by atoms with Crippen LogP contribution in [0.3, 0.4) is 0 Å². The molecule has 2 aromatic rings. The summed E-state index contributed by atoms with van der Waals surface area (Å²) >= 11 is 0. The van der Waals surface area contributed by atoms with Crippen LogP contribution in [0.15, 0.2) is 24.4 Å². The van der Waals surface area contributed by atoms with Crippen molar-refractivity contribution in [2.75, 3.05) is 0 Å². The third-order valence-electron chi connectivity index (χ3n) is 3.33. The molecule has 1 aromatic heterocycles. The van der Waals surface area contributed by atoms with Gasteiger partial charge in [0.2, 0.25) is 0 Å². The van der Waals surface area contributed by atoms with Crippen molar-refractivity contribution in [2.24, 2.45) is 5.73 Å². The number of fused-ring (bicyclic) bond motifs is 1. The van der Waals surface area contributed by atoms with Gasteiger partial charge in [-0.05, 0) is 18.1 Å². The van der Waals surface area contributed by atoms with E-state index in [0.717, 1.165) is 13.1 Å². The molecule has 1 aromatic carbocycles. The number of aryl methyl sites for hydroxylation is 1. The molecule has 0 amide bonds. The summed E-state index contributed by atoms with van der Waals surface area (Å²) in [5.41, 5.74) is 9.72. The molecular formula is C15H23N3. The highest BCUT2D eigenvalue weighted by Crippen LogP contribution is 2.24. The molecular weight excluding hydrogens is 222 g/mol. The van der Waals surface area contributed by atoms with Gasteiger partial charge in [0.25, 0.3) is 0 Å². The first-order chi connectivity index (χ1) is 8.67. The van der Waals surface area contributed by atoms with E-state index in [-0.39, 0.29) is 0 Å². The number of nitrogens with two attached hydrogens (primary N) is 1. The first-order valence-corrected chi connectivity index (χ1v) is 6.70. The maximum absolute atomic E-state index is 5.84. The molecule has 3 heteroatoms. The Morgan fingerprint density at radius 3 is 2.67 bits per heavy atom. The van der Waals surface area contributed by atoms with E-state index in [9.17, 15) is 0 Å². The topological polar surface area (TPSA) is 43.0 Å². The van der Waals surface area contributed by atoms with E-state index in [1.807, 2.05) is 0 Å². The van der Waals surface area contributed by atoms with E-state index in [1.54, 1.807) is 0 Å². The van der Waals surface area contributed by atoms with E-state index in [1.165, 1.54) is 22.0 Å². The zero-order chi connectivity index (χ0) is 13.1. The van der Waals surface area contributed by atoms with Crippen molar-refractivity contribution < 1.29 is 0 Å². The van der Waals surface area contributed by atoms with Crippen LogP contribution in [-0.4, -0.2) is 10.6 Å². The highest BCUT2D eigenvalue weighted by molar-refractivity contribution is 5.86. The molecule has 3 N–H and O–H groups in total. The number of hydrogen-bond donors (Lipinski definition) is 2. The number of aromatic nitrogens is 1. The Balaban J connectivity index is 2.48. The molecule has 98 valence electrons. The van der Waals surface area contributed by atoms with Crippen LogP contribution >= 0.6 is 0 Å². The molecule has 0 saturated carbocycles. The van der Waals surface area contributed by atoms with Crippen molar-refractivity contribution in [3.8, 4) is 0 Å². The molecule has 0 fully saturated rings. The van der Waals surface area contributed by atoms with Crippen LogP contribution in [0, 0.1) is 0 Å². The maximum Gasteiger partial charge on any atom is 0.0529 e. The molecule has 0 aliphatic rings. The normalized spacial score (nSPS) is 11.6. The van der Waals surface area contributed by atoms with Crippen LogP contribution in [0.2, 0.25) is 0 Å². The summed E-state index contributed by atoms with van der Waals surface area (Å²) in [7, 11) is 0. The van der Waals surface area contributed by atoms with Crippen molar-refractivity contribution in [3.63, 3.8) is 0 Å². The van der Waals surface area contributed by atoms with Crippen LogP contribution in [0.4, 0.5) is 0 Å². The molecule has 0 atom stereocenters. The van der Waals surface area contributed by atoms with Crippen LogP contribution in [0.25, 0.3) is 10.9 Å². The highest BCUT2D eigenvalue weighted by Gasteiger charge is 2.10. The predicted molar refractivity (Wildman–Crippen MR) is 77.5 cm³/mol. The fraction of sp³-hybridized carbons (Fsp3) is 0.467. The zero-order valence-corrected chi connectivity index (χ0v) is 11.5. The SMILES string of the molecule is CCn1cc(CNC(C)C)c2cccc(CN)c21. The molecule has 0 spiro atoms. The first kappa shape index (κ1) is 13.1. The van der Waals surface area contributed by atoms with Crippen LogP contribution in [0.5, 0.6) is 0 Å². The standard InChI is InChI=1S/C15H23N3/c1-4-18-10-13(9-17-11(2)3)14-7-5-6-12(8-16)15(14)18/h5-7,10-11,17H,4,8-9,16H2,1-3H3. The van der Waals surface area contributed by atoms with Gasteiger partial charge in [-0.3, -0.25) is 0 Å². The smallest absolute Gasteiger partial charge is 0.0529 e. The second-order valence-corrected chi connectivity index (χ2v) is 4.99. The van der Waals surface area contributed by atoms with Crippen molar-refractivity contribution in [2.45, 2.75) is 46.4 Å². The van der Waals surface area contributed by atoms with E-state index in [2.05, 4.69) is 55.1 Å². The first-order valence-electron chi connectivity index (χ1n) is 6.70. The summed E-state index contributed by atoms with van der Waals surface area (Å²) in [5.74, 6) is 0. The van der Waals surface area contributed by atoms with Crippen molar-refractivity contribution in [1.82, 2.24) is 9.88 Å². The zero-order valence-electron chi connectivity index (χ0n) is 11.5. The molecule has 0 saturated heterocycles. The van der Waals surface area contributed by atoms with Gasteiger partial charge in [-0.2, -0.15) is 0 Å². The molecule has 3 nitrogen and oxygen atoms in total. The average Bonchev–Trinajstić information content (AvgIpc) is 2.74. The summed E-state index contributed by atoms with van der Waals surface area (Å²) in [6.45, 7) is 9.00. The number of nitrogens with one attached hydrogen (secondary N) is 1. The highest BCUT2D eigenvalue weighted by atomic mass is 15.0. The third-order valence-corrected chi connectivity index (χ3v) is 3.33. The Morgan fingerprint density at radius 2 is 2.06 bits per heavy atom. The largest absolute Gasteiger partial charge is 0.347 e. The van der Waals surface area contributed by atoms with Crippen LogP contribution < -0.4 is 11.1 Å². The van der Waals surface area contributed by atoms with Crippen molar-refractivity contribution >= 4 is 10.9 Å². The molecule has 0 aliphatic carbocycles. The van der Waals surface area contributed by atoms with E-state index in [0.29, 0.717) is 12.6 Å². The van der Waals surface area contributed by atoms with Gasteiger partial charge in [0.05, 0.1) is 5.52 Å². The Kier molecular flexibility index (Phi) is 4.04. The Bertz CT molecular complexity index is 526. The van der Waals surface area contributed by atoms with Crippen LogP contribution in [0.1, 0.15) is 31.9 Å². The van der Waals surface area contributed by atoms with Gasteiger partial charge in [0, 0.05) is 37.3 Å². The summed E-state index contributed by atoms with van der Waals surface area (Å²) in [5, 5.41) is 4.81. The molecule has 18 heavy (non-hydrogen) atoms. The molecule has 0 radical (unpaired) electrons. The van der Waals surface area contributed by atoms with E-state index < -0.39 is 0 Å². The second-order valence-electron chi connectivity index (χ2n) is 4.99. The van der Waals surface area contributed by atoms with Gasteiger partial charge in [-0.15, -0.1) is 0 Å². The number of nitrogens with zero attached hydrogens (tertiary/aromatic N) is 1. The number of hydrogen-bond acceptors (Lipinski definition) is 2. The lowest BCUT2D eigenvalue weighted by atomic mass is 10.1. The Morgan fingerprint density at radius 1 is 1.28 bits per heavy atom. The van der Waals surface area contributed by atoms with E-state index >= 15 is 0 Å². The fourth-order valence-electron chi connectivity index (χ4n) is 2.38. The minimum Gasteiger partial charge on any atom is -0.347 e. The predicted octanol–water partition coefficient (Wildman–Crippen LogP) is 2.62. The summed E-state index contributed by atoms with van der Waals surface area (Å²) in [4.78, 5) is 0. The Hall–Kier alpha value is -1.32. The quantitative estimate of drug-likeness (QED) is 0.850. The maximum atomic E-state index is 5.84. The van der Waals surface area contributed by atoms with Gasteiger partial charge >= 0.3 is 0 Å². The lowest BCUT2D eigenvalue weighted by Gasteiger charge is -2.07. The van der Waals surface area contributed by atoms with Crippen LogP contribution in [-0.2, 0) is 19.6 Å². The minimum absolute atomic E-state index is 0.503.